The molecule has 2 unspecified atom stereocenters. The molecule has 1 aromatic heterocycles. The van der Waals surface area contributed by atoms with Gasteiger partial charge in [-0.05, 0) is 29.0 Å². The van der Waals surface area contributed by atoms with E-state index >= 15 is 0 Å². The maximum absolute atomic E-state index is 13.1. The highest BCUT2D eigenvalue weighted by molar-refractivity contribution is 7.19. The van der Waals surface area contributed by atoms with E-state index in [1.807, 2.05) is 41.7 Å². The average molecular weight is 420 g/mol. The summed E-state index contributed by atoms with van der Waals surface area (Å²) < 4.78 is 1.32. The molecule has 2 atom stereocenters. The van der Waals surface area contributed by atoms with Gasteiger partial charge in [0, 0.05) is 35.8 Å². The fourth-order valence-corrected chi connectivity index (χ4v) is 5.80. The number of hydrogen-bond acceptors (Lipinski definition) is 4. The first kappa shape index (κ1) is 19.3. The van der Waals surface area contributed by atoms with E-state index in [0.717, 1.165) is 25.1 Å². The molecular formula is C24H25N3O2S. The van der Waals surface area contributed by atoms with Gasteiger partial charge in [0.2, 0.25) is 5.91 Å². The van der Waals surface area contributed by atoms with Gasteiger partial charge in [0.05, 0.1) is 0 Å². The first-order valence-electron chi connectivity index (χ1n) is 10.5. The first-order chi connectivity index (χ1) is 14.7. The monoisotopic (exact) mass is 419 g/mol. The lowest BCUT2D eigenvalue weighted by Gasteiger charge is -2.45. The van der Waals surface area contributed by atoms with Gasteiger partial charge in [0.15, 0.2) is 0 Å². The largest absolute Gasteiger partial charge is 0.339 e. The van der Waals surface area contributed by atoms with Gasteiger partial charge in [-0.3, -0.25) is 14.5 Å². The number of piperazine rings is 2. The second-order valence-corrected chi connectivity index (χ2v) is 9.13. The van der Waals surface area contributed by atoms with Crippen molar-refractivity contribution in [3.63, 3.8) is 0 Å². The lowest BCUT2D eigenvalue weighted by molar-refractivity contribution is -0.153. The lowest BCUT2D eigenvalue weighted by atomic mass is 9.98. The predicted molar refractivity (Wildman–Crippen MR) is 119 cm³/mol. The van der Waals surface area contributed by atoms with E-state index in [4.69, 9.17) is 0 Å². The zero-order valence-electron chi connectivity index (χ0n) is 17.0. The molecule has 2 aliphatic heterocycles. The summed E-state index contributed by atoms with van der Waals surface area (Å²) in [6.45, 7) is 4.96. The fourth-order valence-electron chi connectivity index (χ4n) is 4.64. The Morgan fingerprint density at radius 3 is 2.60 bits per heavy atom. The van der Waals surface area contributed by atoms with Crippen LogP contribution in [-0.2, 0) is 22.6 Å². The third-order valence-corrected chi connectivity index (χ3v) is 7.56. The zero-order valence-corrected chi connectivity index (χ0v) is 17.8. The Morgan fingerprint density at radius 1 is 1.03 bits per heavy atom. The van der Waals surface area contributed by atoms with Crippen molar-refractivity contribution in [3.8, 4) is 0 Å². The number of carbonyl (C=O) groups is 2. The van der Waals surface area contributed by atoms with Crippen molar-refractivity contribution in [3.05, 3.63) is 70.6 Å². The van der Waals surface area contributed by atoms with Crippen molar-refractivity contribution in [2.24, 2.45) is 0 Å². The number of thiophene rings is 1. The van der Waals surface area contributed by atoms with Crippen LogP contribution < -0.4 is 5.32 Å². The molecule has 30 heavy (non-hydrogen) atoms. The first-order valence-corrected chi connectivity index (χ1v) is 11.3. The van der Waals surface area contributed by atoms with Gasteiger partial charge < -0.3 is 10.2 Å². The summed E-state index contributed by atoms with van der Waals surface area (Å²) in [7, 11) is 0. The second-order valence-electron chi connectivity index (χ2n) is 7.99. The van der Waals surface area contributed by atoms with E-state index in [-0.39, 0.29) is 11.8 Å². The fraction of sp³-hybridized carbons (Fsp3) is 0.333. The molecule has 3 aromatic rings. The van der Waals surface area contributed by atoms with Crippen LogP contribution in [-0.4, -0.2) is 47.3 Å². The van der Waals surface area contributed by atoms with E-state index in [9.17, 15) is 9.59 Å². The highest BCUT2D eigenvalue weighted by Crippen LogP contribution is 2.33. The SMILES string of the molecule is CCc1sc2ccccc2c1CN1CCN2C(=O)C(c3ccccc3)NC(=O)C2C1. The highest BCUT2D eigenvalue weighted by Gasteiger charge is 2.43. The van der Waals surface area contributed by atoms with Gasteiger partial charge in [-0.25, -0.2) is 0 Å². The van der Waals surface area contributed by atoms with Gasteiger partial charge in [0.25, 0.3) is 5.91 Å². The molecule has 2 aromatic carbocycles. The van der Waals surface area contributed by atoms with Gasteiger partial charge in [-0.1, -0.05) is 55.5 Å². The normalized spacial score (nSPS) is 22.2. The van der Waals surface area contributed by atoms with E-state index in [1.165, 1.54) is 20.5 Å². The van der Waals surface area contributed by atoms with Crippen molar-refractivity contribution < 1.29 is 9.59 Å². The quantitative estimate of drug-likeness (QED) is 0.706. The number of benzene rings is 2. The van der Waals surface area contributed by atoms with Gasteiger partial charge in [-0.2, -0.15) is 0 Å². The molecule has 2 aliphatic rings. The molecule has 2 amide bonds. The Balaban J connectivity index is 1.35. The average Bonchev–Trinajstić information content (AvgIpc) is 3.14. The lowest BCUT2D eigenvalue weighted by Crippen LogP contribution is -2.66. The summed E-state index contributed by atoms with van der Waals surface area (Å²) in [6, 6.07) is 17.1. The molecule has 5 nitrogen and oxygen atoms in total. The summed E-state index contributed by atoms with van der Waals surface area (Å²) in [6.07, 6.45) is 1.01. The molecule has 6 heteroatoms. The number of fused-ring (bicyclic) bond motifs is 2. The van der Waals surface area contributed by atoms with E-state index in [2.05, 4.69) is 41.4 Å². The number of nitrogens with one attached hydrogen (secondary N) is 1. The maximum atomic E-state index is 13.1. The van der Waals surface area contributed by atoms with Crippen LogP contribution in [0.25, 0.3) is 10.1 Å². The molecule has 0 bridgehead atoms. The van der Waals surface area contributed by atoms with Crippen LogP contribution >= 0.6 is 11.3 Å². The molecule has 0 saturated carbocycles. The van der Waals surface area contributed by atoms with Gasteiger partial charge >= 0.3 is 0 Å². The standard InChI is InChI=1S/C24H25N3O2S/c1-2-20-18(17-10-6-7-11-21(17)30-20)14-26-12-13-27-19(15-26)23(28)25-22(24(27)29)16-8-4-3-5-9-16/h3-11,19,22H,2,12-15H2,1H3,(H,25,28). The Morgan fingerprint density at radius 2 is 1.80 bits per heavy atom. The molecule has 2 fully saturated rings. The van der Waals surface area contributed by atoms with Gasteiger partial charge in [0.1, 0.15) is 12.1 Å². The highest BCUT2D eigenvalue weighted by atomic mass is 32.1. The van der Waals surface area contributed by atoms with Crippen LogP contribution in [0, 0.1) is 0 Å². The maximum Gasteiger partial charge on any atom is 0.250 e. The zero-order chi connectivity index (χ0) is 20.7. The Hall–Kier alpha value is -2.70. The second kappa shape index (κ2) is 7.85. The van der Waals surface area contributed by atoms with Crippen LogP contribution in [0.15, 0.2) is 54.6 Å². The number of amides is 2. The minimum atomic E-state index is -0.575. The summed E-state index contributed by atoms with van der Waals surface area (Å²) in [5.74, 6) is -0.0558. The van der Waals surface area contributed by atoms with E-state index in [0.29, 0.717) is 13.1 Å². The van der Waals surface area contributed by atoms with Crippen molar-refractivity contribution in [1.82, 2.24) is 15.1 Å². The number of carbonyl (C=O) groups excluding carboxylic acids is 2. The van der Waals surface area contributed by atoms with E-state index < -0.39 is 12.1 Å². The van der Waals surface area contributed by atoms with Crippen LogP contribution in [0.1, 0.15) is 29.0 Å². The number of aryl methyl sites for hydroxylation is 1. The van der Waals surface area contributed by atoms with Crippen LogP contribution in [0.5, 0.6) is 0 Å². The minimum absolute atomic E-state index is 0.000630. The third kappa shape index (κ3) is 3.30. The molecule has 0 spiro atoms. The van der Waals surface area contributed by atoms with Crippen LogP contribution in [0.4, 0.5) is 0 Å². The molecule has 2 saturated heterocycles. The van der Waals surface area contributed by atoms with E-state index in [1.54, 1.807) is 4.90 Å². The molecule has 0 aliphatic carbocycles. The van der Waals surface area contributed by atoms with Crippen molar-refractivity contribution >= 4 is 33.2 Å². The molecule has 3 heterocycles. The number of nitrogens with zero attached hydrogens (tertiary/aromatic N) is 2. The topological polar surface area (TPSA) is 52.6 Å². The van der Waals surface area contributed by atoms with Crippen molar-refractivity contribution in [2.75, 3.05) is 19.6 Å². The minimum Gasteiger partial charge on any atom is -0.339 e. The summed E-state index contributed by atoms with van der Waals surface area (Å²) in [4.78, 5) is 31.5. The molecule has 154 valence electrons. The summed E-state index contributed by atoms with van der Waals surface area (Å²) in [5.41, 5.74) is 2.21. The van der Waals surface area contributed by atoms with Crippen molar-refractivity contribution in [2.45, 2.75) is 32.0 Å². The Bertz CT molecular complexity index is 1090. The molecule has 0 radical (unpaired) electrons. The summed E-state index contributed by atoms with van der Waals surface area (Å²) in [5, 5.41) is 4.27. The Labute approximate surface area is 180 Å². The van der Waals surface area contributed by atoms with Crippen LogP contribution in [0.3, 0.4) is 0 Å². The smallest absolute Gasteiger partial charge is 0.250 e. The number of rotatable bonds is 4. The van der Waals surface area contributed by atoms with Crippen LogP contribution in [0.2, 0.25) is 0 Å². The van der Waals surface area contributed by atoms with Gasteiger partial charge in [-0.15, -0.1) is 11.3 Å². The van der Waals surface area contributed by atoms with Crippen molar-refractivity contribution in [1.29, 1.82) is 0 Å². The third-order valence-electron chi connectivity index (χ3n) is 6.20. The molecule has 1 N–H and O–H groups in total. The molecular weight excluding hydrogens is 394 g/mol. The number of hydrogen-bond donors (Lipinski definition) is 1. The molecule has 5 rings (SSSR count). The Kier molecular flexibility index (Phi) is 5.05. The summed E-state index contributed by atoms with van der Waals surface area (Å²) >= 11 is 1.86. The predicted octanol–water partition coefficient (Wildman–Crippen LogP) is 3.35.